The molecule has 1 N–H and O–H groups in total. The Bertz CT molecular complexity index is 948. The van der Waals surface area contributed by atoms with Crippen LogP contribution < -0.4 is 5.32 Å². The zero-order valence-corrected chi connectivity index (χ0v) is 15.1. The highest BCUT2D eigenvalue weighted by molar-refractivity contribution is 8.00. The molecule has 0 aliphatic heterocycles. The van der Waals surface area contributed by atoms with Gasteiger partial charge in [-0.2, -0.15) is 18.3 Å². The van der Waals surface area contributed by atoms with Crippen LogP contribution in [0.1, 0.15) is 5.56 Å². The van der Waals surface area contributed by atoms with Gasteiger partial charge >= 0.3 is 6.18 Å². The zero-order chi connectivity index (χ0) is 19.4. The van der Waals surface area contributed by atoms with Gasteiger partial charge in [-0.3, -0.25) is 4.79 Å². The Morgan fingerprint density at radius 1 is 1.22 bits per heavy atom. The van der Waals surface area contributed by atoms with E-state index in [-0.39, 0.29) is 17.1 Å². The van der Waals surface area contributed by atoms with Crippen molar-refractivity contribution in [3.8, 4) is 5.69 Å². The van der Waals surface area contributed by atoms with Gasteiger partial charge in [0.25, 0.3) is 0 Å². The topological polar surface area (TPSA) is 59.8 Å². The van der Waals surface area contributed by atoms with Crippen LogP contribution >= 0.6 is 23.4 Å². The van der Waals surface area contributed by atoms with E-state index in [0.717, 1.165) is 17.0 Å². The quantitative estimate of drug-likeness (QED) is 0.619. The molecule has 0 saturated carbocycles. The molecule has 10 heteroatoms. The lowest BCUT2D eigenvalue weighted by Gasteiger charge is -2.14. The Balaban J connectivity index is 1.80. The van der Waals surface area contributed by atoms with Gasteiger partial charge in [-0.15, -0.1) is 11.8 Å². The van der Waals surface area contributed by atoms with Crippen LogP contribution in [0.2, 0.25) is 5.02 Å². The first-order valence-corrected chi connectivity index (χ1v) is 8.94. The number of nitrogens with one attached hydrogen (secondary N) is 1. The third-order valence-electron chi connectivity index (χ3n) is 3.43. The smallest absolute Gasteiger partial charge is 0.323 e. The van der Waals surface area contributed by atoms with E-state index in [9.17, 15) is 18.0 Å². The second-order valence-electron chi connectivity index (χ2n) is 5.36. The molecule has 0 aliphatic rings. The molecule has 0 spiro atoms. The molecule has 0 radical (unpaired) electrons. The van der Waals surface area contributed by atoms with Gasteiger partial charge < -0.3 is 5.32 Å². The predicted molar refractivity (Wildman–Crippen MR) is 97.2 cm³/mol. The molecule has 0 fully saturated rings. The fraction of sp³-hybridized carbons (Fsp3) is 0.118. The minimum absolute atomic E-state index is 0.00733. The highest BCUT2D eigenvalue weighted by Gasteiger charge is 2.31. The second kappa shape index (κ2) is 8.01. The molecule has 1 heterocycles. The zero-order valence-electron chi connectivity index (χ0n) is 13.6. The van der Waals surface area contributed by atoms with E-state index in [1.807, 2.05) is 0 Å². The van der Waals surface area contributed by atoms with Crippen molar-refractivity contribution in [3.05, 3.63) is 65.7 Å². The number of carbonyl (C=O) groups excluding carboxylic acids is 1. The van der Waals surface area contributed by atoms with Gasteiger partial charge in [0.05, 0.1) is 22.7 Å². The SMILES string of the molecule is O=C(CSc1cccc(Cl)c1)Nc1cc(C(F)(F)F)ccc1-n1cncn1. The van der Waals surface area contributed by atoms with Crippen molar-refractivity contribution >= 4 is 35.0 Å². The van der Waals surface area contributed by atoms with Crippen LogP contribution in [-0.2, 0) is 11.0 Å². The molecule has 1 amide bonds. The van der Waals surface area contributed by atoms with Crippen molar-refractivity contribution in [1.29, 1.82) is 0 Å². The minimum Gasteiger partial charge on any atom is -0.323 e. The summed E-state index contributed by atoms with van der Waals surface area (Å²) in [5, 5.41) is 6.95. The first-order chi connectivity index (χ1) is 12.8. The summed E-state index contributed by atoms with van der Waals surface area (Å²) in [5.74, 6) is -0.450. The number of nitrogens with zero attached hydrogens (tertiary/aromatic N) is 3. The number of rotatable bonds is 5. The largest absolute Gasteiger partial charge is 0.416 e. The van der Waals surface area contributed by atoms with Crippen molar-refractivity contribution < 1.29 is 18.0 Å². The van der Waals surface area contributed by atoms with E-state index in [1.165, 1.54) is 35.2 Å². The lowest BCUT2D eigenvalue weighted by atomic mass is 10.1. The third-order valence-corrected chi connectivity index (χ3v) is 4.66. The van der Waals surface area contributed by atoms with Crippen molar-refractivity contribution in [2.75, 3.05) is 11.1 Å². The summed E-state index contributed by atoms with van der Waals surface area (Å²) < 4.78 is 40.3. The van der Waals surface area contributed by atoms with Crippen LogP contribution in [0.3, 0.4) is 0 Å². The molecule has 1 aromatic heterocycles. The molecule has 140 valence electrons. The first-order valence-electron chi connectivity index (χ1n) is 7.57. The summed E-state index contributed by atoms with van der Waals surface area (Å²) in [6.07, 6.45) is -1.95. The van der Waals surface area contributed by atoms with Crippen LogP contribution in [0.25, 0.3) is 5.69 Å². The Labute approximate surface area is 161 Å². The summed E-state index contributed by atoms with van der Waals surface area (Å²) in [6, 6.07) is 9.97. The number of hydrogen-bond acceptors (Lipinski definition) is 4. The summed E-state index contributed by atoms with van der Waals surface area (Å²) in [6.45, 7) is 0. The number of carbonyl (C=O) groups is 1. The van der Waals surface area contributed by atoms with Crippen LogP contribution in [0.5, 0.6) is 0 Å². The molecule has 0 aliphatic carbocycles. The van der Waals surface area contributed by atoms with Gasteiger partial charge in [0, 0.05) is 9.92 Å². The normalized spacial score (nSPS) is 11.4. The average molecular weight is 413 g/mol. The highest BCUT2D eigenvalue weighted by Crippen LogP contribution is 2.33. The Morgan fingerprint density at radius 3 is 2.70 bits per heavy atom. The summed E-state index contributed by atoms with van der Waals surface area (Å²) in [7, 11) is 0. The molecule has 3 aromatic rings. The number of hydrogen-bond donors (Lipinski definition) is 1. The van der Waals surface area contributed by atoms with E-state index in [1.54, 1.807) is 24.3 Å². The lowest BCUT2D eigenvalue weighted by Crippen LogP contribution is -2.17. The second-order valence-corrected chi connectivity index (χ2v) is 6.85. The Kier molecular flexibility index (Phi) is 5.71. The van der Waals surface area contributed by atoms with Gasteiger partial charge in [-0.1, -0.05) is 17.7 Å². The fourth-order valence-corrected chi connectivity index (χ4v) is 3.25. The van der Waals surface area contributed by atoms with E-state index in [0.29, 0.717) is 5.02 Å². The monoisotopic (exact) mass is 412 g/mol. The maximum absolute atomic E-state index is 13.0. The summed E-state index contributed by atoms with van der Waals surface area (Å²) >= 11 is 7.11. The average Bonchev–Trinajstić information content (AvgIpc) is 3.13. The number of thioether (sulfide) groups is 1. The standard InChI is InChI=1S/C17H12ClF3N4OS/c18-12-2-1-3-13(7-12)27-8-16(26)24-14-6-11(17(19,20)21)4-5-15(14)25-10-22-9-23-25/h1-7,9-10H,8H2,(H,24,26). The maximum Gasteiger partial charge on any atom is 0.416 e. The molecule has 3 rings (SSSR count). The van der Waals surface area contributed by atoms with Gasteiger partial charge in [0.2, 0.25) is 5.91 Å². The minimum atomic E-state index is -4.53. The number of anilines is 1. The van der Waals surface area contributed by atoms with E-state index < -0.39 is 17.6 Å². The van der Waals surface area contributed by atoms with Crippen LogP contribution in [-0.4, -0.2) is 26.4 Å². The van der Waals surface area contributed by atoms with E-state index >= 15 is 0 Å². The molecule has 27 heavy (non-hydrogen) atoms. The van der Waals surface area contributed by atoms with Crippen molar-refractivity contribution in [2.24, 2.45) is 0 Å². The third kappa shape index (κ3) is 5.01. The molecule has 0 saturated heterocycles. The molecule has 0 atom stereocenters. The number of alkyl halides is 3. The van der Waals surface area contributed by atoms with Crippen LogP contribution in [0.15, 0.2) is 60.0 Å². The maximum atomic E-state index is 13.0. The molecule has 0 bridgehead atoms. The van der Waals surface area contributed by atoms with E-state index in [4.69, 9.17) is 11.6 Å². The Morgan fingerprint density at radius 2 is 2.04 bits per heavy atom. The predicted octanol–water partition coefficient (Wildman–Crippen LogP) is 4.67. The van der Waals surface area contributed by atoms with E-state index in [2.05, 4.69) is 15.4 Å². The fourth-order valence-electron chi connectivity index (χ4n) is 2.24. The van der Waals surface area contributed by atoms with Gasteiger partial charge in [0.15, 0.2) is 0 Å². The van der Waals surface area contributed by atoms with Crippen LogP contribution in [0.4, 0.5) is 18.9 Å². The molecule has 5 nitrogen and oxygen atoms in total. The van der Waals surface area contributed by atoms with Gasteiger partial charge in [-0.25, -0.2) is 9.67 Å². The molecule has 0 unspecified atom stereocenters. The van der Waals surface area contributed by atoms with Crippen molar-refractivity contribution in [2.45, 2.75) is 11.1 Å². The van der Waals surface area contributed by atoms with Crippen molar-refractivity contribution in [3.63, 3.8) is 0 Å². The molecule has 2 aromatic carbocycles. The first kappa shape index (κ1) is 19.2. The Hall–Kier alpha value is -2.52. The highest BCUT2D eigenvalue weighted by atomic mass is 35.5. The van der Waals surface area contributed by atoms with Crippen LogP contribution in [0, 0.1) is 0 Å². The van der Waals surface area contributed by atoms with Gasteiger partial charge in [-0.05, 0) is 36.4 Å². The molecular weight excluding hydrogens is 401 g/mol. The molecular formula is C17H12ClF3N4OS. The lowest BCUT2D eigenvalue weighted by molar-refractivity contribution is -0.137. The summed E-state index contributed by atoms with van der Waals surface area (Å²) in [5.41, 5.74) is -0.599. The number of halogens is 4. The number of benzene rings is 2. The number of amides is 1. The summed E-state index contributed by atoms with van der Waals surface area (Å²) in [4.78, 5) is 16.8. The van der Waals surface area contributed by atoms with Crippen molar-refractivity contribution in [1.82, 2.24) is 14.8 Å². The van der Waals surface area contributed by atoms with Gasteiger partial charge in [0.1, 0.15) is 12.7 Å². The number of aromatic nitrogens is 3.